The quantitative estimate of drug-likeness (QED) is 0.571. The Morgan fingerprint density at radius 3 is 2.27 bits per heavy atom. The molecule has 0 spiro atoms. The van der Waals surface area contributed by atoms with E-state index >= 15 is 0 Å². The highest BCUT2D eigenvalue weighted by Crippen LogP contribution is 2.35. The summed E-state index contributed by atoms with van der Waals surface area (Å²) in [6.07, 6.45) is 0. The van der Waals surface area contributed by atoms with Crippen molar-refractivity contribution in [2.24, 2.45) is 0 Å². The van der Waals surface area contributed by atoms with E-state index in [9.17, 15) is 15.2 Å². The fourth-order valence-corrected chi connectivity index (χ4v) is 1.48. The van der Waals surface area contributed by atoms with Crippen LogP contribution in [0.4, 0.5) is 5.69 Å². The number of aromatic hydroxyl groups is 1. The van der Waals surface area contributed by atoms with Gasteiger partial charge in [-0.15, -0.1) is 0 Å². The summed E-state index contributed by atoms with van der Waals surface area (Å²) < 4.78 is 0. The number of hydrogen-bond acceptors (Lipinski definition) is 3. The lowest BCUT2D eigenvalue weighted by molar-refractivity contribution is -0.385. The van der Waals surface area contributed by atoms with Crippen molar-refractivity contribution in [3.05, 3.63) is 33.4 Å². The van der Waals surface area contributed by atoms with Crippen molar-refractivity contribution in [1.29, 1.82) is 0 Å². The molecular formula is C11H15NO3. The molecule has 0 aliphatic carbocycles. The topological polar surface area (TPSA) is 63.4 Å². The summed E-state index contributed by atoms with van der Waals surface area (Å²) in [6.45, 7) is 7.33. The molecule has 0 atom stereocenters. The third-order valence-electron chi connectivity index (χ3n) is 2.32. The molecule has 0 bridgehead atoms. The van der Waals surface area contributed by atoms with Gasteiger partial charge in [-0.05, 0) is 18.4 Å². The van der Waals surface area contributed by atoms with Crippen LogP contribution >= 0.6 is 0 Å². The van der Waals surface area contributed by atoms with Crippen molar-refractivity contribution in [2.75, 3.05) is 0 Å². The monoisotopic (exact) mass is 209 g/mol. The second-order valence-corrected chi connectivity index (χ2v) is 4.66. The summed E-state index contributed by atoms with van der Waals surface area (Å²) in [7, 11) is 0. The lowest BCUT2D eigenvalue weighted by atomic mass is 9.85. The average molecular weight is 209 g/mol. The van der Waals surface area contributed by atoms with Crippen LogP contribution in [0.15, 0.2) is 12.1 Å². The summed E-state index contributed by atoms with van der Waals surface area (Å²) in [5, 5.41) is 20.4. The number of nitrogens with zero attached hydrogens (tertiary/aromatic N) is 1. The number of phenols is 1. The zero-order chi connectivity index (χ0) is 11.8. The Bertz CT molecular complexity index is 405. The van der Waals surface area contributed by atoms with E-state index in [1.54, 1.807) is 6.92 Å². The molecule has 0 heterocycles. The van der Waals surface area contributed by atoms with Crippen LogP contribution in [0, 0.1) is 17.0 Å². The van der Waals surface area contributed by atoms with Gasteiger partial charge in [0.05, 0.1) is 4.92 Å². The minimum atomic E-state index is -0.427. The molecule has 4 nitrogen and oxygen atoms in total. The van der Waals surface area contributed by atoms with Crippen LogP contribution in [0.5, 0.6) is 5.75 Å². The van der Waals surface area contributed by atoms with Gasteiger partial charge < -0.3 is 5.11 Å². The fourth-order valence-electron chi connectivity index (χ4n) is 1.48. The molecular weight excluding hydrogens is 194 g/mol. The van der Waals surface area contributed by atoms with Crippen LogP contribution in [0.25, 0.3) is 0 Å². The van der Waals surface area contributed by atoms with Gasteiger partial charge in [-0.25, -0.2) is 0 Å². The molecule has 0 fully saturated rings. The highest BCUT2D eigenvalue weighted by Gasteiger charge is 2.23. The molecule has 1 aromatic rings. The van der Waals surface area contributed by atoms with E-state index < -0.39 is 4.92 Å². The van der Waals surface area contributed by atoms with Gasteiger partial charge in [-0.3, -0.25) is 10.1 Å². The molecule has 82 valence electrons. The maximum atomic E-state index is 10.7. The van der Waals surface area contributed by atoms with Crippen LogP contribution in [0.2, 0.25) is 0 Å². The molecule has 0 saturated carbocycles. The number of phenolic OH excluding ortho intramolecular Hbond substituents is 1. The average Bonchev–Trinajstić information content (AvgIpc) is 2.00. The molecule has 4 heteroatoms. The van der Waals surface area contributed by atoms with Crippen LogP contribution in [-0.4, -0.2) is 10.0 Å². The first kappa shape index (κ1) is 11.5. The third kappa shape index (κ3) is 2.26. The molecule has 1 aromatic carbocycles. The Hall–Kier alpha value is -1.58. The van der Waals surface area contributed by atoms with Crippen molar-refractivity contribution in [2.45, 2.75) is 33.1 Å². The third-order valence-corrected chi connectivity index (χ3v) is 2.32. The van der Waals surface area contributed by atoms with Gasteiger partial charge in [0.1, 0.15) is 5.75 Å². The van der Waals surface area contributed by atoms with E-state index in [4.69, 9.17) is 0 Å². The zero-order valence-electron chi connectivity index (χ0n) is 9.37. The van der Waals surface area contributed by atoms with Gasteiger partial charge in [-0.1, -0.05) is 20.8 Å². The summed E-state index contributed by atoms with van der Waals surface area (Å²) in [5.74, 6) is 0.116. The Morgan fingerprint density at radius 1 is 1.33 bits per heavy atom. The lowest BCUT2D eigenvalue weighted by Crippen LogP contribution is -2.12. The smallest absolute Gasteiger partial charge is 0.272 e. The lowest BCUT2D eigenvalue weighted by Gasteiger charge is -2.20. The predicted octanol–water partition coefficient (Wildman–Crippen LogP) is 2.91. The first-order valence-electron chi connectivity index (χ1n) is 4.72. The van der Waals surface area contributed by atoms with E-state index in [0.29, 0.717) is 11.1 Å². The van der Waals surface area contributed by atoms with Gasteiger partial charge in [0.15, 0.2) is 0 Å². The summed E-state index contributed by atoms with van der Waals surface area (Å²) in [5.41, 5.74) is 0.825. The van der Waals surface area contributed by atoms with Crippen molar-refractivity contribution in [3.8, 4) is 5.75 Å². The van der Waals surface area contributed by atoms with Gasteiger partial charge in [-0.2, -0.15) is 0 Å². The van der Waals surface area contributed by atoms with Crippen LogP contribution in [0.1, 0.15) is 31.9 Å². The van der Waals surface area contributed by atoms with Crippen LogP contribution in [0.3, 0.4) is 0 Å². The Morgan fingerprint density at radius 2 is 1.87 bits per heavy atom. The zero-order valence-corrected chi connectivity index (χ0v) is 9.37. The Balaban J connectivity index is 3.43. The molecule has 1 N–H and O–H groups in total. The first-order chi connectivity index (χ1) is 6.73. The molecule has 0 unspecified atom stereocenters. The second-order valence-electron chi connectivity index (χ2n) is 4.66. The highest BCUT2D eigenvalue weighted by molar-refractivity contribution is 5.51. The summed E-state index contributed by atoms with van der Waals surface area (Å²) >= 11 is 0. The SMILES string of the molecule is Cc1cc(O)c(C(C)(C)C)cc1[N+](=O)[O-]. The first-order valence-corrected chi connectivity index (χ1v) is 4.72. The van der Waals surface area contributed by atoms with Gasteiger partial charge in [0.2, 0.25) is 0 Å². The van der Waals surface area contributed by atoms with Gasteiger partial charge in [0.25, 0.3) is 5.69 Å². The normalized spacial score (nSPS) is 11.5. The van der Waals surface area contributed by atoms with Gasteiger partial charge >= 0.3 is 0 Å². The number of benzene rings is 1. The Labute approximate surface area is 88.7 Å². The minimum Gasteiger partial charge on any atom is -0.508 e. The minimum absolute atomic E-state index is 0.0534. The molecule has 0 aromatic heterocycles. The number of nitro groups is 1. The molecule has 0 saturated heterocycles. The summed E-state index contributed by atoms with van der Waals surface area (Å²) in [4.78, 5) is 10.3. The highest BCUT2D eigenvalue weighted by atomic mass is 16.6. The molecule has 0 aliphatic rings. The molecule has 1 rings (SSSR count). The van der Waals surface area contributed by atoms with E-state index in [2.05, 4.69) is 0 Å². The van der Waals surface area contributed by atoms with Crippen LogP contribution < -0.4 is 0 Å². The van der Waals surface area contributed by atoms with Crippen molar-refractivity contribution in [1.82, 2.24) is 0 Å². The van der Waals surface area contributed by atoms with E-state index in [1.165, 1.54) is 12.1 Å². The maximum Gasteiger partial charge on any atom is 0.272 e. The predicted molar refractivity (Wildman–Crippen MR) is 58.2 cm³/mol. The second kappa shape index (κ2) is 3.53. The molecule has 0 aliphatic heterocycles. The van der Waals surface area contributed by atoms with E-state index in [-0.39, 0.29) is 16.9 Å². The standard InChI is InChI=1S/C11H15NO3/c1-7-5-10(13)8(11(2,3)4)6-9(7)12(14)15/h5-6,13H,1-4H3. The number of hydrogen-bond donors (Lipinski definition) is 1. The van der Waals surface area contributed by atoms with Crippen molar-refractivity contribution in [3.63, 3.8) is 0 Å². The van der Waals surface area contributed by atoms with Crippen LogP contribution in [-0.2, 0) is 5.41 Å². The molecule has 15 heavy (non-hydrogen) atoms. The van der Waals surface area contributed by atoms with E-state index in [0.717, 1.165) is 0 Å². The summed E-state index contributed by atoms with van der Waals surface area (Å²) in [6, 6.07) is 2.89. The maximum absolute atomic E-state index is 10.7. The number of aryl methyl sites for hydroxylation is 1. The number of nitro benzene ring substituents is 1. The van der Waals surface area contributed by atoms with Gasteiger partial charge in [0, 0.05) is 17.2 Å². The Kier molecular flexibility index (Phi) is 2.71. The largest absolute Gasteiger partial charge is 0.508 e. The van der Waals surface area contributed by atoms with Crippen molar-refractivity contribution >= 4 is 5.69 Å². The van der Waals surface area contributed by atoms with E-state index in [1.807, 2.05) is 20.8 Å². The fraction of sp³-hybridized carbons (Fsp3) is 0.455. The molecule has 0 amide bonds. The number of rotatable bonds is 1. The molecule has 0 radical (unpaired) electrons. The van der Waals surface area contributed by atoms with Crippen molar-refractivity contribution < 1.29 is 10.0 Å².